The van der Waals surface area contributed by atoms with Gasteiger partial charge in [0.05, 0.1) is 0 Å². The van der Waals surface area contributed by atoms with Crippen molar-refractivity contribution in [3.63, 3.8) is 0 Å². The van der Waals surface area contributed by atoms with Crippen LogP contribution in [0.15, 0.2) is 24.3 Å². The van der Waals surface area contributed by atoms with Crippen molar-refractivity contribution in [3.05, 3.63) is 29.8 Å². The minimum absolute atomic E-state index is 0.0855. The van der Waals surface area contributed by atoms with Crippen LogP contribution in [0.5, 0.6) is 0 Å². The second-order valence-electron chi connectivity index (χ2n) is 5.57. The van der Waals surface area contributed by atoms with E-state index in [4.69, 9.17) is 5.73 Å². The van der Waals surface area contributed by atoms with Crippen LogP contribution in [0, 0.1) is 0 Å². The molecule has 3 N–H and O–H groups in total. The van der Waals surface area contributed by atoms with E-state index in [0.717, 1.165) is 38.0 Å². The van der Waals surface area contributed by atoms with Crippen LogP contribution in [0.3, 0.4) is 0 Å². The van der Waals surface area contributed by atoms with E-state index in [1.807, 2.05) is 19.1 Å². The van der Waals surface area contributed by atoms with Gasteiger partial charge in [-0.15, -0.1) is 0 Å². The van der Waals surface area contributed by atoms with E-state index in [2.05, 4.69) is 29.3 Å². The third-order valence-electron chi connectivity index (χ3n) is 3.89. The summed E-state index contributed by atoms with van der Waals surface area (Å²) in [6.45, 7) is 5.56. The van der Waals surface area contributed by atoms with E-state index >= 15 is 0 Å². The van der Waals surface area contributed by atoms with Crippen LogP contribution in [0.4, 0.5) is 5.69 Å². The number of nitrogens with one attached hydrogen (secondary N) is 1. The third-order valence-corrected chi connectivity index (χ3v) is 3.89. The highest BCUT2D eigenvalue weighted by Crippen LogP contribution is 2.28. The number of hydrogen-bond donors (Lipinski definition) is 2. The average Bonchev–Trinajstić information content (AvgIpc) is 2.45. The second kappa shape index (κ2) is 6.75. The molecule has 0 saturated carbocycles. The van der Waals surface area contributed by atoms with Crippen molar-refractivity contribution in [1.29, 1.82) is 0 Å². The van der Waals surface area contributed by atoms with Crippen molar-refractivity contribution in [2.45, 2.75) is 45.2 Å². The maximum atomic E-state index is 12.2. The summed E-state index contributed by atoms with van der Waals surface area (Å²) in [4.78, 5) is 14.4. The summed E-state index contributed by atoms with van der Waals surface area (Å²) in [5, 5.41) is 3.00. The minimum Gasteiger partial charge on any atom is -0.358 e. The van der Waals surface area contributed by atoms with Crippen LogP contribution in [-0.4, -0.2) is 31.1 Å². The van der Waals surface area contributed by atoms with Gasteiger partial charge in [0, 0.05) is 24.8 Å². The Kier molecular flexibility index (Phi) is 5.01. The SMILES string of the molecule is CCCCNC(=O)C(C)N1CC(N)Cc2ccccc21. The smallest absolute Gasteiger partial charge is 0.242 e. The Morgan fingerprint density at radius 2 is 2.25 bits per heavy atom. The second-order valence-corrected chi connectivity index (χ2v) is 5.57. The van der Waals surface area contributed by atoms with E-state index < -0.39 is 0 Å². The van der Waals surface area contributed by atoms with Crippen molar-refractivity contribution in [1.82, 2.24) is 5.32 Å². The fraction of sp³-hybridized carbons (Fsp3) is 0.562. The van der Waals surface area contributed by atoms with E-state index in [-0.39, 0.29) is 18.0 Å². The lowest BCUT2D eigenvalue weighted by Crippen LogP contribution is -2.52. The maximum Gasteiger partial charge on any atom is 0.242 e. The first-order valence-electron chi connectivity index (χ1n) is 7.51. The summed E-state index contributed by atoms with van der Waals surface area (Å²) >= 11 is 0. The van der Waals surface area contributed by atoms with Crippen LogP contribution in [0.25, 0.3) is 0 Å². The molecule has 0 spiro atoms. The van der Waals surface area contributed by atoms with E-state index in [9.17, 15) is 4.79 Å². The van der Waals surface area contributed by atoms with Crippen LogP contribution >= 0.6 is 0 Å². The molecular weight excluding hydrogens is 250 g/mol. The number of amides is 1. The highest BCUT2D eigenvalue weighted by Gasteiger charge is 2.28. The predicted molar refractivity (Wildman–Crippen MR) is 82.8 cm³/mol. The number of rotatable bonds is 5. The summed E-state index contributed by atoms with van der Waals surface area (Å²) in [6.07, 6.45) is 3.00. The molecule has 2 atom stereocenters. The summed E-state index contributed by atoms with van der Waals surface area (Å²) in [6, 6.07) is 8.14. The number of hydrogen-bond acceptors (Lipinski definition) is 3. The molecule has 1 aromatic carbocycles. The number of para-hydroxylation sites is 1. The Balaban J connectivity index is 2.09. The molecule has 4 heteroatoms. The molecular formula is C16H25N3O. The Bertz CT molecular complexity index is 461. The van der Waals surface area contributed by atoms with Crippen molar-refractivity contribution in [3.8, 4) is 0 Å². The number of anilines is 1. The van der Waals surface area contributed by atoms with Gasteiger partial charge in [-0.1, -0.05) is 31.5 Å². The summed E-state index contributed by atoms with van der Waals surface area (Å²) in [7, 11) is 0. The molecule has 20 heavy (non-hydrogen) atoms. The van der Waals surface area contributed by atoms with Gasteiger partial charge >= 0.3 is 0 Å². The number of carbonyl (C=O) groups excluding carboxylic acids is 1. The number of benzene rings is 1. The van der Waals surface area contributed by atoms with Crippen molar-refractivity contribution in [2.75, 3.05) is 18.0 Å². The van der Waals surface area contributed by atoms with Gasteiger partial charge in [0.2, 0.25) is 5.91 Å². The van der Waals surface area contributed by atoms with Crippen LogP contribution in [0.2, 0.25) is 0 Å². The van der Waals surface area contributed by atoms with Gasteiger partial charge in [-0.05, 0) is 31.4 Å². The lowest BCUT2D eigenvalue weighted by Gasteiger charge is -2.38. The number of unbranched alkanes of at least 4 members (excludes halogenated alkanes) is 1. The molecule has 110 valence electrons. The van der Waals surface area contributed by atoms with Gasteiger partial charge in [0.15, 0.2) is 0 Å². The van der Waals surface area contributed by atoms with Crippen molar-refractivity contribution >= 4 is 11.6 Å². The summed E-state index contributed by atoms with van der Waals surface area (Å²) in [5.41, 5.74) is 8.51. The lowest BCUT2D eigenvalue weighted by molar-refractivity contribution is -0.122. The highest BCUT2D eigenvalue weighted by molar-refractivity contribution is 5.85. The van der Waals surface area contributed by atoms with Gasteiger partial charge < -0.3 is 16.0 Å². The first kappa shape index (κ1) is 14.9. The highest BCUT2D eigenvalue weighted by atomic mass is 16.2. The van der Waals surface area contributed by atoms with Gasteiger partial charge in [0.1, 0.15) is 6.04 Å². The molecule has 2 rings (SSSR count). The monoisotopic (exact) mass is 275 g/mol. The molecule has 0 aliphatic carbocycles. The van der Waals surface area contributed by atoms with Crippen molar-refractivity contribution in [2.24, 2.45) is 5.73 Å². The predicted octanol–water partition coefficient (Wildman–Crippen LogP) is 1.68. The molecule has 0 saturated heterocycles. The van der Waals surface area contributed by atoms with Crippen LogP contribution in [-0.2, 0) is 11.2 Å². The van der Waals surface area contributed by atoms with Gasteiger partial charge in [-0.25, -0.2) is 0 Å². The fourth-order valence-electron chi connectivity index (χ4n) is 2.71. The van der Waals surface area contributed by atoms with E-state index in [0.29, 0.717) is 0 Å². The van der Waals surface area contributed by atoms with Gasteiger partial charge in [-0.3, -0.25) is 4.79 Å². The molecule has 0 fully saturated rings. The molecule has 1 aromatic rings. The third kappa shape index (κ3) is 3.31. The maximum absolute atomic E-state index is 12.2. The standard InChI is InChI=1S/C16H25N3O/c1-3-4-9-18-16(20)12(2)19-11-14(17)10-13-7-5-6-8-15(13)19/h5-8,12,14H,3-4,9-11,17H2,1-2H3,(H,18,20). The zero-order valence-electron chi connectivity index (χ0n) is 12.4. The summed E-state index contributed by atoms with van der Waals surface area (Å²) < 4.78 is 0. The number of fused-ring (bicyclic) bond motifs is 1. The first-order chi connectivity index (χ1) is 9.63. The Hall–Kier alpha value is -1.55. The number of carbonyl (C=O) groups is 1. The largest absolute Gasteiger partial charge is 0.358 e. The Morgan fingerprint density at radius 1 is 1.50 bits per heavy atom. The van der Waals surface area contributed by atoms with Gasteiger partial charge in [0.25, 0.3) is 0 Å². The minimum atomic E-state index is -0.181. The van der Waals surface area contributed by atoms with Crippen LogP contribution in [0.1, 0.15) is 32.3 Å². The molecule has 1 aliphatic heterocycles. The molecule has 1 heterocycles. The zero-order valence-corrected chi connectivity index (χ0v) is 12.4. The Morgan fingerprint density at radius 3 is 3.00 bits per heavy atom. The van der Waals surface area contributed by atoms with Gasteiger partial charge in [-0.2, -0.15) is 0 Å². The van der Waals surface area contributed by atoms with Crippen molar-refractivity contribution < 1.29 is 4.79 Å². The number of nitrogens with zero attached hydrogens (tertiary/aromatic N) is 1. The van der Waals surface area contributed by atoms with E-state index in [1.165, 1.54) is 5.56 Å². The topological polar surface area (TPSA) is 58.4 Å². The first-order valence-corrected chi connectivity index (χ1v) is 7.51. The summed E-state index contributed by atoms with van der Waals surface area (Å²) in [5.74, 6) is 0.0855. The number of nitrogens with two attached hydrogens (primary N) is 1. The average molecular weight is 275 g/mol. The zero-order chi connectivity index (χ0) is 14.5. The molecule has 2 unspecified atom stereocenters. The Labute approximate surface area is 121 Å². The molecule has 0 bridgehead atoms. The molecule has 1 aliphatic rings. The quantitative estimate of drug-likeness (QED) is 0.804. The van der Waals surface area contributed by atoms with E-state index in [1.54, 1.807) is 0 Å². The molecule has 0 aromatic heterocycles. The molecule has 1 amide bonds. The fourth-order valence-corrected chi connectivity index (χ4v) is 2.71. The lowest BCUT2D eigenvalue weighted by atomic mass is 9.97. The molecule has 0 radical (unpaired) electrons. The normalized spacial score (nSPS) is 19.4. The van der Waals surface area contributed by atoms with Crippen LogP contribution < -0.4 is 16.0 Å². The molecule has 4 nitrogen and oxygen atoms in total.